The van der Waals surface area contributed by atoms with Crippen LogP contribution in [0.25, 0.3) is 0 Å². The molecule has 5 nitrogen and oxygen atoms in total. The number of hydrogen-bond acceptors (Lipinski definition) is 3. The molecule has 0 aliphatic heterocycles. The predicted octanol–water partition coefficient (Wildman–Crippen LogP) is 3.43. The number of halogens is 1. The van der Waals surface area contributed by atoms with Crippen molar-refractivity contribution in [1.29, 1.82) is 0 Å². The van der Waals surface area contributed by atoms with Gasteiger partial charge in [0.05, 0.1) is 11.4 Å². The highest BCUT2D eigenvalue weighted by atomic mass is 79.9. The van der Waals surface area contributed by atoms with Crippen molar-refractivity contribution in [3.63, 3.8) is 0 Å². The minimum absolute atomic E-state index is 0.367. The summed E-state index contributed by atoms with van der Waals surface area (Å²) < 4.78 is 1.91. The summed E-state index contributed by atoms with van der Waals surface area (Å²) in [6, 6.07) is 13.1. The molecule has 0 fully saturated rings. The maximum atomic E-state index is 12.1. The monoisotopic (exact) mass is 365 g/mol. The Hall–Kier alpha value is -1.99. The van der Waals surface area contributed by atoms with Crippen LogP contribution in [0.3, 0.4) is 0 Å². The molecule has 2 aromatic rings. The Balaban J connectivity index is 2.12. The predicted molar refractivity (Wildman–Crippen MR) is 89.6 cm³/mol. The third-order valence-corrected chi connectivity index (χ3v) is 3.81. The molecule has 0 aromatic heterocycles. The normalized spacial score (nSPS) is 10.0. The summed E-state index contributed by atoms with van der Waals surface area (Å²) in [6.45, 7) is 0. The summed E-state index contributed by atoms with van der Waals surface area (Å²) in [4.78, 5) is 23.1. The van der Waals surface area contributed by atoms with Crippen molar-refractivity contribution in [3.8, 4) is 0 Å². The van der Waals surface area contributed by atoms with E-state index in [-0.39, 0.29) is 0 Å². The maximum Gasteiger partial charge on any atom is 0.336 e. The summed E-state index contributed by atoms with van der Waals surface area (Å²) in [7, 11) is 0. The SMILES string of the molecule is NC(=O)c1ccc(N(S)C(=O)Nc2ccccc2Br)cc1. The number of rotatable bonds is 3. The number of para-hydroxylation sites is 1. The Morgan fingerprint density at radius 3 is 2.29 bits per heavy atom. The zero-order chi connectivity index (χ0) is 15.4. The molecule has 21 heavy (non-hydrogen) atoms. The molecule has 2 rings (SSSR count). The van der Waals surface area contributed by atoms with E-state index < -0.39 is 11.9 Å². The molecule has 0 heterocycles. The molecule has 0 saturated carbocycles. The lowest BCUT2D eigenvalue weighted by Crippen LogP contribution is -2.27. The molecule has 7 heteroatoms. The smallest absolute Gasteiger partial charge is 0.336 e. The third kappa shape index (κ3) is 3.77. The fourth-order valence-electron chi connectivity index (χ4n) is 1.61. The molecule has 2 aromatic carbocycles. The molecule has 0 aliphatic carbocycles. The fraction of sp³-hybridized carbons (Fsp3) is 0. The second-order valence-corrected chi connectivity index (χ2v) is 5.39. The molecule has 0 spiro atoms. The first-order chi connectivity index (χ1) is 9.99. The van der Waals surface area contributed by atoms with Gasteiger partial charge in [0.1, 0.15) is 0 Å². The standard InChI is InChI=1S/C14H12BrN3O2S/c15-11-3-1-2-4-12(11)17-14(20)18(21)10-7-5-9(6-8-10)13(16)19/h1-8,21H,(H2,16,19)(H,17,20). The van der Waals surface area contributed by atoms with Crippen LogP contribution in [0.5, 0.6) is 0 Å². The zero-order valence-electron chi connectivity index (χ0n) is 10.8. The van der Waals surface area contributed by atoms with Crippen molar-refractivity contribution in [1.82, 2.24) is 0 Å². The van der Waals surface area contributed by atoms with Gasteiger partial charge in [0.2, 0.25) is 5.91 Å². The average Bonchev–Trinajstić information content (AvgIpc) is 2.49. The lowest BCUT2D eigenvalue weighted by Gasteiger charge is -2.17. The van der Waals surface area contributed by atoms with Crippen LogP contribution in [-0.2, 0) is 0 Å². The van der Waals surface area contributed by atoms with Crippen molar-refractivity contribution >= 4 is 52.1 Å². The molecule has 0 radical (unpaired) electrons. The van der Waals surface area contributed by atoms with Crippen LogP contribution >= 0.6 is 28.7 Å². The van der Waals surface area contributed by atoms with Crippen molar-refractivity contribution in [3.05, 3.63) is 58.6 Å². The lowest BCUT2D eigenvalue weighted by molar-refractivity contribution is 0.100. The minimum Gasteiger partial charge on any atom is -0.366 e. The van der Waals surface area contributed by atoms with E-state index in [2.05, 4.69) is 34.1 Å². The molecular weight excluding hydrogens is 354 g/mol. The highest BCUT2D eigenvalue weighted by Crippen LogP contribution is 2.23. The first-order valence-corrected chi connectivity index (χ1v) is 7.12. The summed E-state index contributed by atoms with van der Waals surface area (Å²) in [5.41, 5.74) is 6.69. The van der Waals surface area contributed by atoms with Gasteiger partial charge in [-0.15, -0.1) is 0 Å². The number of anilines is 2. The van der Waals surface area contributed by atoms with E-state index in [1.165, 1.54) is 12.1 Å². The number of nitrogens with one attached hydrogen (secondary N) is 1. The number of urea groups is 1. The van der Waals surface area contributed by atoms with Gasteiger partial charge in [-0.2, -0.15) is 0 Å². The lowest BCUT2D eigenvalue weighted by atomic mass is 10.2. The number of thiol groups is 1. The van der Waals surface area contributed by atoms with Crippen LogP contribution in [0.15, 0.2) is 53.0 Å². The highest BCUT2D eigenvalue weighted by Gasteiger charge is 2.13. The van der Waals surface area contributed by atoms with Gasteiger partial charge < -0.3 is 11.1 Å². The van der Waals surface area contributed by atoms with E-state index in [4.69, 9.17) is 5.73 Å². The van der Waals surface area contributed by atoms with Crippen LogP contribution in [0.2, 0.25) is 0 Å². The minimum atomic E-state index is -0.523. The molecule has 3 amide bonds. The number of primary amides is 1. The summed E-state index contributed by atoms with van der Waals surface area (Å²) in [6.07, 6.45) is 0. The van der Waals surface area contributed by atoms with Gasteiger partial charge >= 0.3 is 6.03 Å². The van der Waals surface area contributed by atoms with E-state index in [1.807, 2.05) is 18.2 Å². The van der Waals surface area contributed by atoms with E-state index in [0.717, 1.165) is 8.78 Å². The second kappa shape index (κ2) is 6.64. The summed E-state index contributed by atoms with van der Waals surface area (Å²) in [5.74, 6) is -0.523. The third-order valence-electron chi connectivity index (χ3n) is 2.70. The van der Waals surface area contributed by atoms with Crippen LogP contribution in [-0.4, -0.2) is 11.9 Å². The van der Waals surface area contributed by atoms with Crippen molar-refractivity contribution in [2.24, 2.45) is 5.73 Å². The van der Waals surface area contributed by atoms with E-state index >= 15 is 0 Å². The molecule has 108 valence electrons. The Morgan fingerprint density at radius 1 is 1.10 bits per heavy atom. The average molecular weight is 366 g/mol. The van der Waals surface area contributed by atoms with Gasteiger partial charge in [-0.3, -0.25) is 4.79 Å². The Labute approximate surface area is 135 Å². The molecule has 0 bridgehead atoms. The van der Waals surface area contributed by atoms with Crippen molar-refractivity contribution in [2.75, 3.05) is 9.62 Å². The topological polar surface area (TPSA) is 75.4 Å². The van der Waals surface area contributed by atoms with E-state index in [9.17, 15) is 9.59 Å². The van der Waals surface area contributed by atoms with Gasteiger partial charge in [-0.1, -0.05) is 24.9 Å². The van der Waals surface area contributed by atoms with Gasteiger partial charge in [-0.25, -0.2) is 9.10 Å². The van der Waals surface area contributed by atoms with Gasteiger partial charge in [0, 0.05) is 10.0 Å². The molecule has 3 N–H and O–H groups in total. The van der Waals surface area contributed by atoms with E-state index in [1.54, 1.807) is 18.2 Å². The zero-order valence-corrected chi connectivity index (χ0v) is 13.3. The first kappa shape index (κ1) is 15.4. The second-order valence-electron chi connectivity index (χ2n) is 4.13. The number of carbonyl (C=O) groups is 2. The number of hydrogen-bond donors (Lipinski definition) is 3. The number of nitrogens with zero attached hydrogens (tertiary/aromatic N) is 1. The largest absolute Gasteiger partial charge is 0.366 e. The van der Waals surface area contributed by atoms with Crippen molar-refractivity contribution in [2.45, 2.75) is 0 Å². The van der Waals surface area contributed by atoms with Gasteiger partial charge in [0.25, 0.3) is 0 Å². The van der Waals surface area contributed by atoms with Crippen molar-refractivity contribution < 1.29 is 9.59 Å². The quantitative estimate of drug-likeness (QED) is 0.728. The highest BCUT2D eigenvalue weighted by molar-refractivity contribution is 9.10. The maximum absolute atomic E-state index is 12.1. The summed E-state index contributed by atoms with van der Waals surface area (Å²) in [5, 5.41) is 2.72. The van der Waals surface area contributed by atoms with Gasteiger partial charge in [-0.05, 0) is 52.3 Å². The molecule has 0 unspecified atom stereocenters. The van der Waals surface area contributed by atoms with E-state index in [0.29, 0.717) is 16.9 Å². The van der Waals surface area contributed by atoms with Gasteiger partial charge in [0.15, 0.2) is 0 Å². The Kier molecular flexibility index (Phi) is 4.87. The van der Waals surface area contributed by atoms with Crippen LogP contribution in [0.4, 0.5) is 16.2 Å². The summed E-state index contributed by atoms with van der Waals surface area (Å²) >= 11 is 7.50. The fourth-order valence-corrected chi connectivity index (χ4v) is 2.18. The molecule has 0 atom stereocenters. The van der Waals surface area contributed by atoms with Crippen LogP contribution in [0.1, 0.15) is 10.4 Å². The number of carbonyl (C=O) groups excluding carboxylic acids is 2. The first-order valence-electron chi connectivity index (χ1n) is 5.93. The number of amides is 3. The van der Waals surface area contributed by atoms with Crippen LogP contribution < -0.4 is 15.4 Å². The Bertz CT molecular complexity index is 676. The molecule has 0 saturated heterocycles. The number of benzene rings is 2. The number of nitrogens with two attached hydrogens (primary N) is 1. The Morgan fingerprint density at radius 2 is 1.71 bits per heavy atom. The molecular formula is C14H12BrN3O2S. The van der Waals surface area contributed by atoms with Crippen LogP contribution in [0, 0.1) is 0 Å². The molecule has 0 aliphatic rings.